The normalized spacial score (nSPS) is 12.3. The Morgan fingerprint density at radius 2 is 2.00 bits per heavy atom. The van der Waals surface area contributed by atoms with Crippen molar-refractivity contribution in [1.29, 1.82) is 0 Å². The largest absolute Gasteiger partial charge is 0.474 e. The van der Waals surface area contributed by atoms with Gasteiger partial charge in [0, 0.05) is 0 Å². The number of hydrogen-bond acceptors (Lipinski definition) is 6. The molecule has 6 heteroatoms. The van der Waals surface area contributed by atoms with Crippen molar-refractivity contribution in [3.63, 3.8) is 0 Å². The van der Waals surface area contributed by atoms with Gasteiger partial charge in [-0.25, -0.2) is 4.79 Å². The first-order chi connectivity index (χ1) is 9.42. The minimum Gasteiger partial charge on any atom is -0.474 e. The van der Waals surface area contributed by atoms with E-state index < -0.39 is 6.04 Å². The summed E-state index contributed by atoms with van der Waals surface area (Å²) in [6.45, 7) is 7.92. The van der Waals surface area contributed by atoms with Gasteiger partial charge in [0.1, 0.15) is 11.9 Å². The summed E-state index contributed by atoms with van der Waals surface area (Å²) in [6.07, 6.45) is 3.78. The molecule has 1 heterocycles. The molecular weight excluding hydrogens is 258 g/mol. The predicted molar refractivity (Wildman–Crippen MR) is 76.7 cm³/mol. The van der Waals surface area contributed by atoms with Crippen LogP contribution in [-0.4, -0.2) is 35.2 Å². The molecule has 1 atom stereocenters. The number of hydrogen-bond donors (Lipinski definition) is 1. The first-order valence-electron chi connectivity index (χ1n) is 6.75. The molecule has 0 aliphatic heterocycles. The molecule has 1 N–H and O–H groups in total. The molecule has 0 radical (unpaired) electrons. The van der Waals surface area contributed by atoms with E-state index in [-0.39, 0.29) is 12.1 Å². The molecule has 0 aliphatic carbocycles. The maximum absolute atomic E-state index is 11.8. The molecule has 1 aromatic heterocycles. The number of aromatic nitrogens is 2. The smallest absolute Gasteiger partial charge is 0.328 e. The lowest BCUT2D eigenvalue weighted by atomic mass is 10.0. The Bertz CT molecular complexity index is 435. The number of methoxy groups -OCH3 is 1. The van der Waals surface area contributed by atoms with Gasteiger partial charge in [0.2, 0.25) is 5.88 Å². The van der Waals surface area contributed by atoms with Crippen molar-refractivity contribution in [3.05, 3.63) is 12.4 Å². The fourth-order valence-corrected chi connectivity index (χ4v) is 1.72. The van der Waals surface area contributed by atoms with Gasteiger partial charge in [0.15, 0.2) is 0 Å². The van der Waals surface area contributed by atoms with Crippen molar-refractivity contribution in [3.8, 4) is 5.88 Å². The third-order valence-electron chi connectivity index (χ3n) is 2.48. The average Bonchev–Trinajstić information content (AvgIpc) is 2.36. The van der Waals surface area contributed by atoms with Crippen molar-refractivity contribution >= 4 is 11.8 Å². The molecule has 1 unspecified atom stereocenters. The third-order valence-corrected chi connectivity index (χ3v) is 2.48. The van der Waals surface area contributed by atoms with E-state index in [1.807, 2.05) is 27.7 Å². The van der Waals surface area contributed by atoms with Crippen LogP contribution >= 0.6 is 0 Å². The van der Waals surface area contributed by atoms with Gasteiger partial charge < -0.3 is 14.8 Å². The van der Waals surface area contributed by atoms with Crippen LogP contribution in [0.5, 0.6) is 5.88 Å². The van der Waals surface area contributed by atoms with Gasteiger partial charge >= 0.3 is 5.97 Å². The Labute approximate surface area is 119 Å². The lowest BCUT2D eigenvalue weighted by Gasteiger charge is -2.19. The number of nitrogens with zero attached hydrogens (tertiary/aromatic N) is 2. The second-order valence-corrected chi connectivity index (χ2v) is 5.26. The molecule has 20 heavy (non-hydrogen) atoms. The number of carbonyl (C=O) groups excluding carboxylic acids is 1. The van der Waals surface area contributed by atoms with E-state index in [2.05, 4.69) is 15.3 Å². The standard InChI is InChI=1S/C14H23N3O3/c1-9(2)6-11(14(18)19-5)16-12-7-15-8-13(17-12)20-10(3)4/h7-11H,6H2,1-5H3,(H,16,17). The summed E-state index contributed by atoms with van der Waals surface area (Å²) in [7, 11) is 1.38. The zero-order chi connectivity index (χ0) is 15.1. The van der Waals surface area contributed by atoms with Crippen LogP contribution in [0, 0.1) is 5.92 Å². The molecular formula is C14H23N3O3. The fraction of sp³-hybridized carbons (Fsp3) is 0.643. The van der Waals surface area contributed by atoms with Crippen LogP contribution in [0.3, 0.4) is 0 Å². The summed E-state index contributed by atoms with van der Waals surface area (Å²) in [5.74, 6) is 0.975. The van der Waals surface area contributed by atoms with Gasteiger partial charge in [-0.2, -0.15) is 4.98 Å². The molecule has 0 bridgehead atoms. The molecule has 0 fully saturated rings. The van der Waals surface area contributed by atoms with E-state index in [0.29, 0.717) is 24.0 Å². The summed E-state index contributed by atoms with van der Waals surface area (Å²) in [5.41, 5.74) is 0. The minimum atomic E-state index is -0.441. The van der Waals surface area contributed by atoms with Gasteiger partial charge in [0.05, 0.1) is 25.6 Å². The van der Waals surface area contributed by atoms with Gasteiger partial charge in [-0.3, -0.25) is 4.98 Å². The SMILES string of the molecule is COC(=O)C(CC(C)C)Nc1cncc(OC(C)C)n1. The van der Waals surface area contributed by atoms with Crippen LogP contribution in [0.15, 0.2) is 12.4 Å². The van der Waals surface area contributed by atoms with Gasteiger partial charge in [-0.1, -0.05) is 13.8 Å². The van der Waals surface area contributed by atoms with E-state index in [1.54, 1.807) is 12.4 Å². The topological polar surface area (TPSA) is 73.3 Å². The van der Waals surface area contributed by atoms with E-state index in [0.717, 1.165) is 0 Å². The number of esters is 1. The van der Waals surface area contributed by atoms with Crippen LogP contribution in [0.1, 0.15) is 34.1 Å². The highest BCUT2D eigenvalue weighted by atomic mass is 16.5. The van der Waals surface area contributed by atoms with Crippen molar-refractivity contribution in [2.75, 3.05) is 12.4 Å². The first-order valence-corrected chi connectivity index (χ1v) is 6.75. The van der Waals surface area contributed by atoms with Crippen LogP contribution in [0.4, 0.5) is 5.82 Å². The molecule has 6 nitrogen and oxygen atoms in total. The summed E-state index contributed by atoms with van der Waals surface area (Å²) < 4.78 is 10.3. The Balaban J connectivity index is 2.79. The Morgan fingerprint density at radius 3 is 2.55 bits per heavy atom. The van der Waals surface area contributed by atoms with E-state index >= 15 is 0 Å². The lowest BCUT2D eigenvalue weighted by Crippen LogP contribution is -2.32. The van der Waals surface area contributed by atoms with Crippen molar-refractivity contribution in [1.82, 2.24) is 9.97 Å². The fourth-order valence-electron chi connectivity index (χ4n) is 1.72. The highest BCUT2D eigenvalue weighted by Gasteiger charge is 2.21. The number of anilines is 1. The molecule has 1 aromatic rings. The predicted octanol–water partition coefficient (Wildman–Crippen LogP) is 2.26. The minimum absolute atomic E-state index is 0.0200. The quantitative estimate of drug-likeness (QED) is 0.773. The van der Waals surface area contributed by atoms with Crippen molar-refractivity contribution < 1.29 is 14.3 Å². The van der Waals surface area contributed by atoms with Crippen molar-refractivity contribution in [2.45, 2.75) is 46.3 Å². The van der Waals surface area contributed by atoms with Crippen LogP contribution in [-0.2, 0) is 9.53 Å². The molecule has 0 saturated carbocycles. The van der Waals surface area contributed by atoms with Crippen LogP contribution in [0.25, 0.3) is 0 Å². The van der Waals surface area contributed by atoms with E-state index in [1.165, 1.54) is 7.11 Å². The number of nitrogens with one attached hydrogen (secondary N) is 1. The van der Waals surface area contributed by atoms with Gasteiger partial charge in [-0.15, -0.1) is 0 Å². The third kappa shape index (κ3) is 5.42. The molecule has 0 amide bonds. The van der Waals surface area contributed by atoms with Gasteiger partial charge in [0.25, 0.3) is 0 Å². The summed E-state index contributed by atoms with van der Waals surface area (Å²) in [4.78, 5) is 20.1. The van der Waals surface area contributed by atoms with Gasteiger partial charge in [-0.05, 0) is 26.2 Å². The Hall–Kier alpha value is -1.85. The van der Waals surface area contributed by atoms with E-state index in [9.17, 15) is 4.79 Å². The second-order valence-electron chi connectivity index (χ2n) is 5.26. The van der Waals surface area contributed by atoms with E-state index in [4.69, 9.17) is 9.47 Å². The highest BCUT2D eigenvalue weighted by Crippen LogP contribution is 2.15. The number of carbonyl (C=O) groups is 1. The Morgan fingerprint density at radius 1 is 1.30 bits per heavy atom. The lowest BCUT2D eigenvalue weighted by molar-refractivity contribution is -0.141. The summed E-state index contributed by atoms with van der Waals surface area (Å²) in [5, 5.41) is 3.05. The first kappa shape index (κ1) is 16.2. The maximum atomic E-state index is 11.8. The second kappa shape index (κ2) is 7.67. The molecule has 0 saturated heterocycles. The molecule has 112 valence electrons. The zero-order valence-corrected chi connectivity index (χ0v) is 12.7. The van der Waals surface area contributed by atoms with Crippen LogP contribution < -0.4 is 10.1 Å². The molecule has 0 aromatic carbocycles. The molecule has 0 spiro atoms. The Kier molecular flexibility index (Phi) is 6.21. The highest BCUT2D eigenvalue weighted by molar-refractivity contribution is 5.78. The molecule has 0 aliphatic rings. The number of ether oxygens (including phenoxy) is 2. The zero-order valence-electron chi connectivity index (χ0n) is 12.7. The maximum Gasteiger partial charge on any atom is 0.328 e. The summed E-state index contributed by atoms with van der Waals surface area (Å²) in [6, 6.07) is -0.441. The monoisotopic (exact) mass is 281 g/mol. The molecule has 1 rings (SSSR count). The van der Waals surface area contributed by atoms with Crippen LogP contribution in [0.2, 0.25) is 0 Å². The summed E-state index contributed by atoms with van der Waals surface area (Å²) >= 11 is 0. The number of rotatable bonds is 7. The average molecular weight is 281 g/mol. The van der Waals surface area contributed by atoms with Crippen molar-refractivity contribution in [2.24, 2.45) is 5.92 Å².